The van der Waals surface area contributed by atoms with E-state index in [0.29, 0.717) is 12.4 Å². The first-order valence-electron chi connectivity index (χ1n) is 8.27. The Bertz CT molecular complexity index is 861. The molecule has 2 aromatic rings. The van der Waals surface area contributed by atoms with Crippen molar-refractivity contribution in [3.05, 3.63) is 28.6 Å². The second kappa shape index (κ2) is 7.71. The van der Waals surface area contributed by atoms with Gasteiger partial charge in [0.05, 0.1) is 18.6 Å². The maximum atomic E-state index is 12.2. The molecule has 1 aromatic carbocycles. The SMILES string of the molecule is CCOc1ccc2c(O)c(O[C@@H]3O[C@H](CO)[C@H](O)[C@H](O)[C@H]3O)c(=O)oc2c1. The topological polar surface area (TPSA) is 159 Å². The molecule has 2 heterocycles. The third-order valence-corrected chi connectivity index (χ3v) is 4.20. The fourth-order valence-electron chi connectivity index (χ4n) is 2.79. The van der Waals surface area contributed by atoms with Gasteiger partial charge in [-0.3, -0.25) is 0 Å². The second-order valence-electron chi connectivity index (χ2n) is 5.97. The average Bonchev–Trinajstić information content (AvgIpc) is 2.65. The second-order valence-corrected chi connectivity index (χ2v) is 5.97. The maximum Gasteiger partial charge on any atom is 0.383 e. The van der Waals surface area contributed by atoms with Crippen LogP contribution in [0.1, 0.15) is 6.92 Å². The lowest BCUT2D eigenvalue weighted by Gasteiger charge is -2.39. The van der Waals surface area contributed by atoms with Crippen molar-refractivity contribution in [1.82, 2.24) is 0 Å². The van der Waals surface area contributed by atoms with Gasteiger partial charge in [-0.15, -0.1) is 0 Å². The van der Waals surface area contributed by atoms with Crippen LogP contribution in [0.3, 0.4) is 0 Å². The van der Waals surface area contributed by atoms with E-state index in [4.69, 9.17) is 18.6 Å². The first kappa shape index (κ1) is 19.4. The summed E-state index contributed by atoms with van der Waals surface area (Å²) < 4.78 is 20.8. The minimum atomic E-state index is -1.74. The van der Waals surface area contributed by atoms with Crippen LogP contribution in [0.4, 0.5) is 0 Å². The Kier molecular flexibility index (Phi) is 5.53. The Morgan fingerprint density at radius 2 is 1.89 bits per heavy atom. The predicted octanol–water partition coefficient (Wildman–Crippen LogP) is -0.924. The number of hydrogen-bond donors (Lipinski definition) is 5. The number of benzene rings is 1. The lowest BCUT2D eigenvalue weighted by atomic mass is 9.99. The molecule has 1 fully saturated rings. The highest BCUT2D eigenvalue weighted by Gasteiger charge is 2.45. The van der Waals surface area contributed by atoms with Crippen LogP contribution in [0.25, 0.3) is 11.0 Å². The van der Waals surface area contributed by atoms with Gasteiger partial charge in [-0.1, -0.05) is 0 Å². The van der Waals surface area contributed by atoms with Gasteiger partial charge in [-0.2, -0.15) is 0 Å². The number of aromatic hydroxyl groups is 1. The normalized spacial score (nSPS) is 28.3. The molecule has 1 saturated heterocycles. The number of hydrogen-bond acceptors (Lipinski definition) is 10. The summed E-state index contributed by atoms with van der Waals surface area (Å²) in [5.74, 6) is -0.757. The average molecular weight is 384 g/mol. The summed E-state index contributed by atoms with van der Waals surface area (Å²) in [6, 6.07) is 4.44. The molecule has 3 rings (SSSR count). The molecule has 5 atom stereocenters. The summed E-state index contributed by atoms with van der Waals surface area (Å²) in [4.78, 5) is 12.2. The van der Waals surface area contributed by atoms with Gasteiger partial charge in [0.2, 0.25) is 6.29 Å². The number of rotatable bonds is 5. The Morgan fingerprint density at radius 1 is 1.15 bits per heavy atom. The highest BCUT2D eigenvalue weighted by atomic mass is 16.7. The van der Waals surface area contributed by atoms with E-state index in [1.54, 1.807) is 13.0 Å². The van der Waals surface area contributed by atoms with Gasteiger partial charge in [0.25, 0.3) is 5.75 Å². The lowest BCUT2D eigenvalue weighted by Crippen LogP contribution is -2.60. The summed E-state index contributed by atoms with van der Waals surface area (Å²) in [6.07, 6.45) is -7.86. The zero-order valence-corrected chi connectivity index (χ0v) is 14.3. The van der Waals surface area contributed by atoms with Crippen molar-refractivity contribution in [3.8, 4) is 17.2 Å². The van der Waals surface area contributed by atoms with Crippen molar-refractivity contribution >= 4 is 11.0 Å². The van der Waals surface area contributed by atoms with Gasteiger partial charge in [0.15, 0.2) is 5.75 Å². The summed E-state index contributed by atoms with van der Waals surface area (Å²) >= 11 is 0. The molecule has 5 N–H and O–H groups in total. The Morgan fingerprint density at radius 3 is 2.56 bits per heavy atom. The Hall–Kier alpha value is -2.37. The van der Waals surface area contributed by atoms with E-state index in [-0.39, 0.29) is 11.0 Å². The Balaban J connectivity index is 1.95. The summed E-state index contributed by atoms with van der Waals surface area (Å²) in [7, 11) is 0. The molecule has 27 heavy (non-hydrogen) atoms. The van der Waals surface area contributed by atoms with Crippen LogP contribution < -0.4 is 15.1 Å². The molecule has 1 aliphatic rings. The van der Waals surface area contributed by atoms with Crippen LogP contribution >= 0.6 is 0 Å². The molecule has 10 nitrogen and oxygen atoms in total. The molecule has 0 radical (unpaired) electrons. The van der Waals surface area contributed by atoms with Crippen LogP contribution in [-0.2, 0) is 4.74 Å². The standard InChI is InChI=1S/C17H20O10/c1-2-24-7-3-4-8-9(5-7)25-16(23)15(11(8)19)27-17-14(22)13(21)12(20)10(6-18)26-17/h3-5,10,12-14,17-22H,2,6H2,1H3/t10-,12+,13+,14-,17+/m1/s1. The van der Waals surface area contributed by atoms with Crippen molar-refractivity contribution in [2.75, 3.05) is 13.2 Å². The largest absolute Gasteiger partial charge is 0.504 e. The van der Waals surface area contributed by atoms with E-state index >= 15 is 0 Å². The third-order valence-electron chi connectivity index (χ3n) is 4.20. The molecule has 10 heteroatoms. The summed E-state index contributed by atoms with van der Waals surface area (Å²) in [5, 5.41) is 49.3. The van der Waals surface area contributed by atoms with E-state index in [1.165, 1.54) is 12.1 Å². The van der Waals surface area contributed by atoms with Gasteiger partial charge >= 0.3 is 5.63 Å². The van der Waals surface area contributed by atoms with Crippen molar-refractivity contribution in [2.24, 2.45) is 0 Å². The zero-order valence-electron chi connectivity index (χ0n) is 14.3. The quantitative estimate of drug-likeness (QED) is 0.408. The summed E-state index contributed by atoms with van der Waals surface area (Å²) in [6.45, 7) is 1.53. The van der Waals surface area contributed by atoms with Gasteiger partial charge in [0, 0.05) is 6.07 Å². The van der Waals surface area contributed by atoms with E-state index < -0.39 is 54.4 Å². The molecule has 0 aliphatic carbocycles. The molecule has 148 valence electrons. The molecule has 0 amide bonds. The molecule has 0 unspecified atom stereocenters. The van der Waals surface area contributed by atoms with Crippen molar-refractivity contribution < 1.29 is 44.2 Å². The fraction of sp³-hybridized carbons (Fsp3) is 0.471. The highest BCUT2D eigenvalue weighted by molar-refractivity contribution is 5.86. The molecule has 0 saturated carbocycles. The minimum Gasteiger partial charge on any atom is -0.504 e. The third kappa shape index (κ3) is 3.57. The van der Waals surface area contributed by atoms with E-state index in [0.717, 1.165) is 0 Å². The highest BCUT2D eigenvalue weighted by Crippen LogP contribution is 2.35. The molecular formula is C17H20O10. The van der Waals surface area contributed by atoms with Gasteiger partial charge in [-0.25, -0.2) is 4.79 Å². The van der Waals surface area contributed by atoms with Gasteiger partial charge < -0.3 is 44.2 Å². The van der Waals surface area contributed by atoms with Crippen LogP contribution in [-0.4, -0.2) is 69.5 Å². The van der Waals surface area contributed by atoms with Crippen molar-refractivity contribution in [3.63, 3.8) is 0 Å². The Labute approximate surface area is 152 Å². The van der Waals surface area contributed by atoms with E-state index in [2.05, 4.69) is 0 Å². The monoisotopic (exact) mass is 384 g/mol. The maximum absolute atomic E-state index is 12.2. The van der Waals surface area contributed by atoms with Gasteiger partial charge in [0.1, 0.15) is 35.7 Å². The lowest BCUT2D eigenvalue weighted by molar-refractivity contribution is -0.278. The fourth-order valence-corrected chi connectivity index (χ4v) is 2.79. The number of fused-ring (bicyclic) bond motifs is 1. The number of aliphatic hydroxyl groups excluding tert-OH is 4. The molecule has 0 bridgehead atoms. The number of ether oxygens (including phenoxy) is 3. The molecular weight excluding hydrogens is 364 g/mol. The van der Waals surface area contributed by atoms with Crippen LogP contribution in [0.2, 0.25) is 0 Å². The predicted molar refractivity (Wildman–Crippen MR) is 89.7 cm³/mol. The van der Waals surface area contributed by atoms with Crippen LogP contribution in [0.15, 0.2) is 27.4 Å². The minimum absolute atomic E-state index is 0.0598. The molecule has 0 spiro atoms. The van der Waals surface area contributed by atoms with Crippen LogP contribution in [0, 0.1) is 0 Å². The first-order chi connectivity index (χ1) is 12.9. The zero-order chi connectivity index (χ0) is 19.7. The van der Waals surface area contributed by atoms with Crippen molar-refractivity contribution in [1.29, 1.82) is 0 Å². The molecule has 1 aromatic heterocycles. The smallest absolute Gasteiger partial charge is 0.383 e. The molecule has 1 aliphatic heterocycles. The van der Waals surface area contributed by atoms with E-state index in [1.807, 2.05) is 0 Å². The van der Waals surface area contributed by atoms with Gasteiger partial charge in [-0.05, 0) is 19.1 Å². The van der Waals surface area contributed by atoms with E-state index in [9.17, 15) is 30.3 Å². The van der Waals surface area contributed by atoms with Crippen LogP contribution in [0.5, 0.6) is 17.2 Å². The first-order valence-corrected chi connectivity index (χ1v) is 8.27. The summed E-state index contributed by atoms with van der Waals surface area (Å²) in [5.41, 5.74) is -0.991. The number of aliphatic hydroxyl groups is 4. The van der Waals surface area contributed by atoms with Crippen molar-refractivity contribution in [2.45, 2.75) is 37.6 Å².